The van der Waals surface area contributed by atoms with Gasteiger partial charge in [0.2, 0.25) is 0 Å². The summed E-state index contributed by atoms with van der Waals surface area (Å²) in [5.74, 6) is 0. The number of aromatic nitrogens is 3. The normalized spacial score (nSPS) is 21.2. The summed E-state index contributed by atoms with van der Waals surface area (Å²) in [6.07, 6.45) is 4.32. The lowest BCUT2D eigenvalue weighted by molar-refractivity contribution is 0.401. The Morgan fingerprint density at radius 1 is 1.75 bits per heavy atom. The van der Waals surface area contributed by atoms with Gasteiger partial charge in [-0.3, -0.25) is 0 Å². The number of hydrogen-bond acceptors (Lipinski definition) is 3. The second kappa shape index (κ2) is 3.23. The van der Waals surface area contributed by atoms with Crippen LogP contribution < -0.4 is 0 Å². The van der Waals surface area contributed by atoms with Crippen LogP contribution in [0.3, 0.4) is 0 Å². The molecule has 1 fully saturated rings. The van der Waals surface area contributed by atoms with E-state index in [4.69, 9.17) is 4.74 Å². The summed E-state index contributed by atoms with van der Waals surface area (Å²) < 4.78 is 7.11. The van der Waals surface area contributed by atoms with Crippen molar-refractivity contribution in [1.82, 2.24) is 15.0 Å². The Morgan fingerprint density at radius 2 is 2.58 bits per heavy atom. The van der Waals surface area contributed by atoms with Crippen LogP contribution in [0, 0.1) is 0 Å². The van der Waals surface area contributed by atoms with E-state index >= 15 is 0 Å². The number of hydrogen-bond donors (Lipinski definition) is 0. The average molecular weight is 167 g/mol. The summed E-state index contributed by atoms with van der Waals surface area (Å²) in [7, 11) is 0. The molecule has 1 atom stereocenters. The summed E-state index contributed by atoms with van der Waals surface area (Å²) in [6.45, 7) is 4.00. The maximum atomic E-state index is 5.15. The van der Waals surface area contributed by atoms with E-state index < -0.39 is 0 Å². The minimum Gasteiger partial charge on any atom is -0.373 e. The lowest BCUT2D eigenvalue weighted by Crippen LogP contribution is -2.06. The Bertz CT molecular complexity index is 255. The van der Waals surface area contributed by atoms with Crippen LogP contribution in [-0.2, 0) is 17.7 Å². The van der Waals surface area contributed by atoms with E-state index in [1.54, 1.807) is 0 Å². The third-order valence-electron chi connectivity index (χ3n) is 1.97. The van der Waals surface area contributed by atoms with Crippen molar-refractivity contribution < 1.29 is 4.74 Å². The van der Waals surface area contributed by atoms with E-state index in [9.17, 15) is 0 Å². The highest BCUT2D eigenvalue weighted by molar-refractivity contribution is 4.98. The Morgan fingerprint density at radius 3 is 3.25 bits per heavy atom. The predicted molar refractivity (Wildman–Crippen MR) is 43.8 cm³/mol. The number of ether oxygens (including phenoxy) is 1. The molecular formula is C8H13N3O. The molecule has 0 N–H and O–H groups in total. The number of rotatable bonds is 4. The van der Waals surface area contributed by atoms with Crippen LogP contribution in [0.25, 0.3) is 0 Å². The van der Waals surface area contributed by atoms with Crippen LogP contribution in [0.15, 0.2) is 6.20 Å². The zero-order valence-electron chi connectivity index (χ0n) is 7.23. The lowest BCUT2D eigenvalue weighted by Gasteiger charge is -2.01. The van der Waals surface area contributed by atoms with Crippen molar-refractivity contribution in [3.05, 3.63) is 11.9 Å². The molecule has 1 aliphatic heterocycles. The molecular weight excluding hydrogens is 154 g/mol. The predicted octanol–water partition coefficient (Wildman–Crippen LogP) is 0.629. The van der Waals surface area contributed by atoms with Gasteiger partial charge in [-0.1, -0.05) is 12.1 Å². The van der Waals surface area contributed by atoms with E-state index in [-0.39, 0.29) is 0 Å². The molecule has 1 aromatic heterocycles. The molecule has 1 unspecified atom stereocenters. The molecule has 0 radical (unpaired) electrons. The number of nitrogens with zero attached hydrogens (tertiary/aromatic N) is 3. The quantitative estimate of drug-likeness (QED) is 0.618. The average Bonchev–Trinajstić information content (AvgIpc) is 2.76. The maximum absolute atomic E-state index is 5.15. The zero-order chi connectivity index (χ0) is 8.39. The molecule has 0 saturated carbocycles. The van der Waals surface area contributed by atoms with Gasteiger partial charge in [0.05, 0.1) is 24.6 Å². The Balaban J connectivity index is 2.01. The van der Waals surface area contributed by atoms with Gasteiger partial charge in [0, 0.05) is 13.0 Å². The molecule has 12 heavy (non-hydrogen) atoms. The van der Waals surface area contributed by atoms with Crippen molar-refractivity contribution in [2.45, 2.75) is 32.4 Å². The molecule has 0 amide bonds. The molecule has 2 heterocycles. The van der Waals surface area contributed by atoms with Gasteiger partial charge in [-0.15, -0.1) is 5.10 Å². The van der Waals surface area contributed by atoms with Gasteiger partial charge in [0.15, 0.2) is 0 Å². The summed E-state index contributed by atoms with van der Waals surface area (Å²) in [5.41, 5.74) is 1.19. The molecule has 0 aromatic carbocycles. The number of aryl methyl sites for hydroxylation is 1. The van der Waals surface area contributed by atoms with Gasteiger partial charge >= 0.3 is 0 Å². The van der Waals surface area contributed by atoms with Crippen LogP contribution in [0.5, 0.6) is 0 Å². The van der Waals surface area contributed by atoms with Gasteiger partial charge in [0.25, 0.3) is 0 Å². The molecule has 0 aliphatic carbocycles. The van der Waals surface area contributed by atoms with E-state index in [0.717, 1.165) is 26.0 Å². The fourth-order valence-corrected chi connectivity index (χ4v) is 1.26. The molecule has 2 rings (SSSR count). The second-order valence-electron chi connectivity index (χ2n) is 3.11. The van der Waals surface area contributed by atoms with Crippen molar-refractivity contribution in [2.75, 3.05) is 6.61 Å². The summed E-state index contributed by atoms with van der Waals surface area (Å²) in [6, 6.07) is 0. The maximum Gasteiger partial charge on any atom is 0.0865 e. The lowest BCUT2D eigenvalue weighted by atomic mass is 10.2. The Hall–Kier alpha value is -0.900. The second-order valence-corrected chi connectivity index (χ2v) is 3.11. The van der Waals surface area contributed by atoms with Crippen molar-refractivity contribution in [3.63, 3.8) is 0 Å². The van der Waals surface area contributed by atoms with Gasteiger partial charge in [-0.2, -0.15) is 0 Å². The highest BCUT2D eigenvalue weighted by Gasteiger charge is 2.24. The molecule has 1 aromatic rings. The van der Waals surface area contributed by atoms with E-state index in [0.29, 0.717) is 6.10 Å². The molecule has 1 aliphatic rings. The van der Waals surface area contributed by atoms with Gasteiger partial charge in [-0.25, -0.2) is 4.68 Å². The highest BCUT2D eigenvalue weighted by Crippen LogP contribution is 2.15. The number of epoxide rings is 1. The first-order valence-electron chi connectivity index (χ1n) is 4.39. The molecule has 66 valence electrons. The first kappa shape index (κ1) is 7.73. The third kappa shape index (κ3) is 1.64. The topological polar surface area (TPSA) is 43.2 Å². The van der Waals surface area contributed by atoms with Crippen molar-refractivity contribution in [3.8, 4) is 0 Å². The minimum atomic E-state index is 0.430. The van der Waals surface area contributed by atoms with Crippen molar-refractivity contribution in [1.29, 1.82) is 0 Å². The van der Waals surface area contributed by atoms with E-state index in [1.807, 2.05) is 10.9 Å². The summed E-state index contributed by atoms with van der Waals surface area (Å²) in [5, 5.41) is 7.88. The van der Waals surface area contributed by atoms with E-state index in [1.165, 1.54) is 5.69 Å². The van der Waals surface area contributed by atoms with E-state index in [2.05, 4.69) is 17.2 Å². The van der Waals surface area contributed by atoms with Crippen LogP contribution in [-0.4, -0.2) is 27.7 Å². The van der Waals surface area contributed by atoms with Crippen LogP contribution in [0.4, 0.5) is 0 Å². The van der Waals surface area contributed by atoms with Crippen LogP contribution in [0.2, 0.25) is 0 Å². The molecule has 1 saturated heterocycles. The summed E-state index contributed by atoms with van der Waals surface area (Å²) in [4.78, 5) is 0. The van der Waals surface area contributed by atoms with Crippen molar-refractivity contribution >= 4 is 0 Å². The fraction of sp³-hybridized carbons (Fsp3) is 0.750. The van der Waals surface area contributed by atoms with Crippen LogP contribution >= 0.6 is 0 Å². The smallest absolute Gasteiger partial charge is 0.0865 e. The third-order valence-corrected chi connectivity index (χ3v) is 1.97. The molecule has 4 heteroatoms. The highest BCUT2D eigenvalue weighted by atomic mass is 16.6. The standard InChI is InChI=1S/C8H13N3O/c1-2-3-11-7(5-9-10-11)4-8-6-12-8/h5,8H,2-4,6H2,1H3. The molecule has 0 spiro atoms. The largest absolute Gasteiger partial charge is 0.373 e. The van der Waals surface area contributed by atoms with Gasteiger partial charge in [-0.05, 0) is 6.42 Å². The fourth-order valence-electron chi connectivity index (χ4n) is 1.26. The zero-order valence-corrected chi connectivity index (χ0v) is 7.23. The monoisotopic (exact) mass is 167 g/mol. The molecule has 4 nitrogen and oxygen atoms in total. The Labute approximate surface area is 71.5 Å². The van der Waals surface area contributed by atoms with Crippen molar-refractivity contribution in [2.24, 2.45) is 0 Å². The van der Waals surface area contributed by atoms with Crippen LogP contribution in [0.1, 0.15) is 19.0 Å². The van der Waals surface area contributed by atoms with Gasteiger partial charge in [0.1, 0.15) is 0 Å². The SMILES string of the molecule is CCCn1nncc1CC1CO1. The first-order valence-corrected chi connectivity index (χ1v) is 4.39. The molecule has 0 bridgehead atoms. The summed E-state index contributed by atoms with van der Waals surface area (Å²) >= 11 is 0. The minimum absolute atomic E-state index is 0.430. The first-order chi connectivity index (χ1) is 5.90. The van der Waals surface area contributed by atoms with Gasteiger partial charge < -0.3 is 4.74 Å². The Kier molecular flexibility index (Phi) is 2.08.